The summed E-state index contributed by atoms with van der Waals surface area (Å²) in [6, 6.07) is 4.67. The molecule has 1 atom stereocenters. The second kappa shape index (κ2) is 10.7. The molecule has 1 amide bonds. The van der Waals surface area contributed by atoms with Crippen molar-refractivity contribution >= 4 is 23.1 Å². The summed E-state index contributed by atoms with van der Waals surface area (Å²) in [6.45, 7) is 13.1. The number of aromatic nitrogens is 4. The Morgan fingerprint density at radius 2 is 1.98 bits per heavy atom. The van der Waals surface area contributed by atoms with Gasteiger partial charge in [-0.2, -0.15) is 0 Å². The first kappa shape index (κ1) is 29.4. The van der Waals surface area contributed by atoms with E-state index in [4.69, 9.17) is 14.1 Å². The van der Waals surface area contributed by atoms with E-state index in [1.165, 1.54) is 12.3 Å². The maximum Gasteiger partial charge on any atom is 0.410 e. The van der Waals surface area contributed by atoms with E-state index < -0.39 is 11.6 Å². The van der Waals surface area contributed by atoms with E-state index in [1.807, 2.05) is 45.3 Å². The van der Waals surface area contributed by atoms with Crippen molar-refractivity contribution in [3.63, 3.8) is 0 Å². The largest absolute Gasteiger partial charge is 0.449 e. The van der Waals surface area contributed by atoms with Crippen molar-refractivity contribution < 1.29 is 18.3 Å². The molecule has 2 fully saturated rings. The van der Waals surface area contributed by atoms with Crippen LogP contribution < -0.4 is 0 Å². The van der Waals surface area contributed by atoms with Gasteiger partial charge in [0.2, 0.25) is 0 Å². The highest BCUT2D eigenvalue weighted by atomic mass is 32.1. The molecule has 1 spiro atoms. The van der Waals surface area contributed by atoms with Gasteiger partial charge in [-0.1, -0.05) is 11.8 Å². The monoisotopic (exact) mass is 626 g/mol. The average Bonchev–Trinajstić information content (AvgIpc) is 3.62. The molecule has 1 aliphatic carbocycles. The molecule has 3 aliphatic rings. The molecular formula is C34H35FN6O3S. The summed E-state index contributed by atoms with van der Waals surface area (Å²) >= 11 is 1.63. The number of benzene rings is 1. The summed E-state index contributed by atoms with van der Waals surface area (Å²) in [5.41, 5.74) is 3.19. The molecule has 3 aromatic heterocycles. The zero-order valence-electron chi connectivity index (χ0n) is 26.3. The molecule has 11 heteroatoms. The third-order valence-corrected chi connectivity index (χ3v) is 9.99. The number of oxazole rings is 1. The minimum Gasteiger partial charge on any atom is -0.449 e. The van der Waals surface area contributed by atoms with Gasteiger partial charge in [0.25, 0.3) is 0 Å². The van der Waals surface area contributed by atoms with Crippen molar-refractivity contribution in [2.45, 2.75) is 72.4 Å². The number of ether oxygens (including phenoxy) is 1. The van der Waals surface area contributed by atoms with Crippen LogP contribution in [-0.2, 0) is 11.2 Å². The number of hydrogen-bond acceptors (Lipinski definition) is 8. The van der Waals surface area contributed by atoms with Crippen LogP contribution in [0, 0.1) is 49.8 Å². The quantitative estimate of drug-likeness (QED) is 0.240. The van der Waals surface area contributed by atoms with Crippen LogP contribution in [0.1, 0.15) is 84.3 Å². The van der Waals surface area contributed by atoms with Gasteiger partial charge in [-0.05, 0) is 78.1 Å². The fourth-order valence-corrected chi connectivity index (χ4v) is 7.78. The van der Waals surface area contributed by atoms with Crippen molar-refractivity contribution in [3.8, 4) is 16.8 Å². The molecule has 5 heterocycles. The molecule has 0 bridgehead atoms. The highest BCUT2D eigenvalue weighted by Crippen LogP contribution is 2.52. The number of amides is 1. The number of fused-ring (bicyclic) bond motifs is 3. The number of likely N-dealkylation sites (tertiary alicyclic amines) is 1. The smallest absolute Gasteiger partial charge is 0.410 e. The lowest BCUT2D eigenvalue weighted by molar-refractivity contribution is -0.0832. The maximum atomic E-state index is 16.0. The molecule has 1 unspecified atom stereocenters. The van der Waals surface area contributed by atoms with Gasteiger partial charge in [-0.3, -0.25) is 9.56 Å². The Hall–Kier alpha value is -4.30. The summed E-state index contributed by atoms with van der Waals surface area (Å²) in [7, 11) is 0. The van der Waals surface area contributed by atoms with E-state index in [0.717, 1.165) is 39.7 Å². The summed E-state index contributed by atoms with van der Waals surface area (Å²) in [4.78, 5) is 24.6. The average molecular weight is 627 g/mol. The Morgan fingerprint density at radius 3 is 2.67 bits per heavy atom. The normalized spacial score (nSPS) is 18.6. The highest BCUT2D eigenvalue weighted by molar-refractivity contribution is 7.15. The topological polar surface area (TPSA) is 98.6 Å². The van der Waals surface area contributed by atoms with Crippen molar-refractivity contribution in [2.24, 2.45) is 16.3 Å². The van der Waals surface area contributed by atoms with Gasteiger partial charge >= 0.3 is 6.09 Å². The third kappa shape index (κ3) is 5.35. The Balaban J connectivity index is 1.13. The lowest BCUT2D eigenvalue weighted by Crippen LogP contribution is -2.64. The summed E-state index contributed by atoms with van der Waals surface area (Å²) < 4.78 is 29.1. The maximum absolute atomic E-state index is 16.0. The lowest BCUT2D eigenvalue weighted by Gasteiger charge is -2.57. The zero-order chi connectivity index (χ0) is 31.7. The van der Waals surface area contributed by atoms with Crippen LogP contribution in [0.25, 0.3) is 5.00 Å². The molecule has 1 aromatic carbocycles. The number of thiophene rings is 1. The minimum atomic E-state index is -0.496. The molecular weight excluding hydrogens is 591 g/mol. The van der Waals surface area contributed by atoms with E-state index in [2.05, 4.69) is 33.9 Å². The second-order valence-electron chi connectivity index (χ2n) is 13.4. The molecule has 1 saturated carbocycles. The first-order valence-corrected chi connectivity index (χ1v) is 16.0. The Labute approximate surface area is 265 Å². The first-order valence-electron chi connectivity index (χ1n) is 15.2. The molecule has 2 aliphatic heterocycles. The molecule has 232 valence electrons. The zero-order valence-corrected chi connectivity index (χ0v) is 27.1. The molecule has 45 heavy (non-hydrogen) atoms. The van der Waals surface area contributed by atoms with Crippen molar-refractivity contribution in [2.75, 3.05) is 13.1 Å². The standard InChI is InChI=1S/C34H35FN6O3S/c1-19-20(2)45-31-28(19)29(37-26(14-27-36-11-12-43-27)30-39-38-21(3)41(30)31)24-10-9-22(13-25(24)35)7-8-23-15-34(16-23)17-40(18-34)32(42)44-33(4,5)6/h9-13,23,26H,14-18H2,1-6H3. The molecule has 9 nitrogen and oxygen atoms in total. The van der Waals surface area contributed by atoms with E-state index in [0.29, 0.717) is 48.1 Å². The number of nitrogens with zero attached hydrogens (tertiary/aromatic N) is 6. The lowest BCUT2D eigenvalue weighted by atomic mass is 9.58. The van der Waals surface area contributed by atoms with Crippen LogP contribution in [0.5, 0.6) is 0 Å². The van der Waals surface area contributed by atoms with Crippen LogP contribution >= 0.6 is 11.3 Å². The molecule has 0 N–H and O–H groups in total. The van der Waals surface area contributed by atoms with Crippen LogP contribution in [-0.4, -0.2) is 55.1 Å². The van der Waals surface area contributed by atoms with Crippen LogP contribution in [0.2, 0.25) is 0 Å². The SMILES string of the molecule is Cc1sc2c(c1C)C(c1ccc(C#CC3CC4(C3)CN(C(=O)OC(C)(C)C)C4)cc1F)=NC(Cc1ncco1)c1nnc(C)n1-2. The molecule has 0 radical (unpaired) electrons. The Bertz CT molecular complexity index is 1890. The first-order chi connectivity index (χ1) is 21.4. The summed E-state index contributed by atoms with van der Waals surface area (Å²) in [6.07, 6.45) is 5.12. The fraction of sp³-hybridized carbons (Fsp3) is 0.441. The van der Waals surface area contributed by atoms with E-state index in [1.54, 1.807) is 28.5 Å². The summed E-state index contributed by atoms with van der Waals surface area (Å²) in [5, 5.41) is 9.78. The second-order valence-corrected chi connectivity index (χ2v) is 14.6. The molecule has 4 aromatic rings. The molecule has 7 rings (SSSR count). The number of carbonyl (C=O) groups is 1. The van der Waals surface area contributed by atoms with Crippen LogP contribution in [0.4, 0.5) is 9.18 Å². The summed E-state index contributed by atoms with van der Waals surface area (Å²) in [5.74, 6) is 8.32. The van der Waals surface area contributed by atoms with Gasteiger partial charge in [-0.15, -0.1) is 21.5 Å². The van der Waals surface area contributed by atoms with Crippen LogP contribution in [0.15, 0.2) is 40.1 Å². The van der Waals surface area contributed by atoms with E-state index in [-0.39, 0.29) is 23.2 Å². The van der Waals surface area contributed by atoms with E-state index >= 15 is 4.39 Å². The fourth-order valence-electron chi connectivity index (χ4n) is 6.56. The highest BCUT2D eigenvalue weighted by Gasteiger charge is 2.54. The Kier molecular flexibility index (Phi) is 6.96. The van der Waals surface area contributed by atoms with Crippen molar-refractivity contribution in [1.29, 1.82) is 0 Å². The third-order valence-electron chi connectivity index (χ3n) is 8.80. The van der Waals surface area contributed by atoms with Gasteiger partial charge in [0.05, 0.1) is 18.3 Å². The Morgan fingerprint density at radius 1 is 1.20 bits per heavy atom. The molecule has 1 saturated heterocycles. The van der Waals surface area contributed by atoms with Crippen LogP contribution in [0.3, 0.4) is 0 Å². The number of carbonyl (C=O) groups excluding carboxylic acids is 1. The van der Waals surface area contributed by atoms with Gasteiger partial charge in [0, 0.05) is 46.0 Å². The van der Waals surface area contributed by atoms with Gasteiger partial charge in [0.1, 0.15) is 34.5 Å². The number of rotatable bonds is 3. The number of aliphatic imine (C=N–C) groups is 1. The van der Waals surface area contributed by atoms with Gasteiger partial charge in [-0.25, -0.2) is 14.2 Å². The number of hydrogen-bond donors (Lipinski definition) is 0. The number of aryl methyl sites for hydroxylation is 2. The van der Waals surface area contributed by atoms with Gasteiger partial charge in [0.15, 0.2) is 11.7 Å². The van der Waals surface area contributed by atoms with E-state index in [9.17, 15) is 4.79 Å². The minimum absolute atomic E-state index is 0.139. The number of halogens is 1. The predicted molar refractivity (Wildman–Crippen MR) is 168 cm³/mol. The van der Waals surface area contributed by atoms with Crippen molar-refractivity contribution in [3.05, 3.63) is 81.1 Å². The predicted octanol–water partition coefficient (Wildman–Crippen LogP) is 6.51. The van der Waals surface area contributed by atoms with Crippen molar-refractivity contribution in [1.82, 2.24) is 24.6 Å². The van der Waals surface area contributed by atoms with Gasteiger partial charge < -0.3 is 14.1 Å².